The van der Waals surface area contributed by atoms with E-state index < -0.39 is 0 Å². The van der Waals surface area contributed by atoms with Crippen LogP contribution in [-0.2, 0) is 5.11 Å². The maximum absolute atomic E-state index is 11.4. The first-order valence-corrected chi connectivity index (χ1v) is 4.55. The molecule has 1 aromatic rings. The van der Waals surface area contributed by atoms with Gasteiger partial charge in [-0.05, 0) is 30.7 Å². The van der Waals surface area contributed by atoms with Crippen molar-refractivity contribution >= 4 is 0 Å². The van der Waals surface area contributed by atoms with Gasteiger partial charge >= 0.3 is 0 Å². The van der Waals surface area contributed by atoms with Gasteiger partial charge in [0.05, 0.1) is 0 Å². The average Bonchev–Trinajstić information content (AvgIpc) is 2.86. The van der Waals surface area contributed by atoms with Gasteiger partial charge in [0.1, 0.15) is 0 Å². The van der Waals surface area contributed by atoms with Gasteiger partial charge < -0.3 is 0 Å². The second-order valence-electron chi connectivity index (χ2n) is 3.66. The highest BCUT2D eigenvalue weighted by Gasteiger charge is 2.30. The molecular weight excluding hydrogens is 148 g/mol. The quantitative estimate of drug-likeness (QED) is 0.634. The molecule has 12 heavy (non-hydrogen) atoms. The summed E-state index contributed by atoms with van der Waals surface area (Å²) in [5, 5.41) is 11.4. The van der Waals surface area contributed by atoms with E-state index in [0.29, 0.717) is 5.92 Å². The van der Waals surface area contributed by atoms with Crippen molar-refractivity contribution in [2.45, 2.75) is 25.7 Å². The zero-order chi connectivity index (χ0) is 8.55. The zero-order valence-corrected chi connectivity index (χ0v) is 7.29. The van der Waals surface area contributed by atoms with Gasteiger partial charge in [0.15, 0.2) is 5.75 Å². The molecule has 0 aliphatic heterocycles. The standard InChI is InChI=1S/C11H13O/c1-8(9-6-7-9)10-4-2-3-5-11(10)12/h2-5,8-9H,6-7H2,1H3. The molecule has 1 heteroatoms. The van der Waals surface area contributed by atoms with Crippen LogP contribution in [0, 0.1) is 5.92 Å². The fraction of sp³-hybridized carbons (Fsp3) is 0.455. The molecule has 0 N–H and O–H groups in total. The van der Waals surface area contributed by atoms with E-state index in [-0.39, 0.29) is 5.75 Å². The first-order chi connectivity index (χ1) is 5.79. The van der Waals surface area contributed by atoms with Gasteiger partial charge in [0, 0.05) is 5.56 Å². The molecule has 0 heterocycles. The second-order valence-corrected chi connectivity index (χ2v) is 3.66. The molecule has 1 aliphatic carbocycles. The molecule has 63 valence electrons. The average molecular weight is 161 g/mol. The minimum absolute atomic E-state index is 0.205. The monoisotopic (exact) mass is 161 g/mol. The van der Waals surface area contributed by atoms with Gasteiger partial charge in [0.25, 0.3) is 0 Å². The summed E-state index contributed by atoms with van der Waals surface area (Å²) >= 11 is 0. The van der Waals surface area contributed by atoms with Crippen LogP contribution in [-0.4, -0.2) is 0 Å². The maximum atomic E-state index is 11.4. The van der Waals surface area contributed by atoms with E-state index in [1.54, 1.807) is 6.07 Å². The lowest BCUT2D eigenvalue weighted by molar-refractivity contribution is 0.345. The van der Waals surface area contributed by atoms with Gasteiger partial charge in [-0.1, -0.05) is 25.1 Å². The predicted octanol–water partition coefficient (Wildman–Crippen LogP) is 3.34. The Balaban J connectivity index is 2.25. The van der Waals surface area contributed by atoms with Crippen molar-refractivity contribution in [3.63, 3.8) is 0 Å². The maximum Gasteiger partial charge on any atom is 0.182 e. The minimum atomic E-state index is 0.205. The van der Waals surface area contributed by atoms with E-state index >= 15 is 0 Å². The number of rotatable bonds is 2. The van der Waals surface area contributed by atoms with Crippen LogP contribution in [0.4, 0.5) is 0 Å². The van der Waals surface area contributed by atoms with Crippen LogP contribution in [0.15, 0.2) is 24.3 Å². The molecule has 0 amide bonds. The van der Waals surface area contributed by atoms with Gasteiger partial charge in [-0.2, -0.15) is 0 Å². The lowest BCUT2D eigenvalue weighted by Gasteiger charge is -2.09. The molecule has 2 rings (SSSR count). The second kappa shape index (κ2) is 2.81. The molecule has 0 aromatic heterocycles. The number of benzene rings is 1. The van der Waals surface area contributed by atoms with Crippen LogP contribution < -0.4 is 0 Å². The molecule has 1 aliphatic rings. The van der Waals surface area contributed by atoms with E-state index in [0.717, 1.165) is 11.5 Å². The van der Waals surface area contributed by atoms with E-state index in [2.05, 4.69) is 6.92 Å². The van der Waals surface area contributed by atoms with E-state index in [4.69, 9.17) is 0 Å². The third-order valence-corrected chi connectivity index (χ3v) is 2.74. The van der Waals surface area contributed by atoms with Crippen molar-refractivity contribution in [3.8, 4) is 5.75 Å². The number of hydrogen-bond donors (Lipinski definition) is 0. The number of hydrogen-bond acceptors (Lipinski definition) is 0. The van der Waals surface area contributed by atoms with Crippen molar-refractivity contribution in [3.05, 3.63) is 29.8 Å². The molecule has 1 unspecified atom stereocenters. The minimum Gasteiger partial charge on any atom is -0.290 e. The Hall–Kier alpha value is -0.980. The highest BCUT2D eigenvalue weighted by atomic mass is 16.3. The van der Waals surface area contributed by atoms with Crippen LogP contribution in [0.2, 0.25) is 0 Å². The summed E-state index contributed by atoms with van der Waals surface area (Å²) in [5.74, 6) is 1.45. The topological polar surface area (TPSA) is 19.9 Å². The summed E-state index contributed by atoms with van der Waals surface area (Å²) in [6.07, 6.45) is 2.60. The third-order valence-electron chi connectivity index (χ3n) is 2.74. The Morgan fingerprint density at radius 1 is 1.33 bits per heavy atom. The van der Waals surface area contributed by atoms with E-state index in [1.165, 1.54) is 12.8 Å². The molecular formula is C11H13O. The highest BCUT2D eigenvalue weighted by molar-refractivity contribution is 5.35. The van der Waals surface area contributed by atoms with Crippen LogP contribution in [0.3, 0.4) is 0 Å². The molecule has 1 saturated carbocycles. The Labute approximate surface area is 73.0 Å². The summed E-state index contributed by atoms with van der Waals surface area (Å²) in [6.45, 7) is 2.16. The third kappa shape index (κ3) is 1.31. The normalized spacial score (nSPS) is 19.1. The van der Waals surface area contributed by atoms with E-state index in [9.17, 15) is 5.11 Å². The van der Waals surface area contributed by atoms with Crippen LogP contribution in [0.25, 0.3) is 0 Å². The van der Waals surface area contributed by atoms with Crippen LogP contribution in [0.5, 0.6) is 5.75 Å². The zero-order valence-electron chi connectivity index (χ0n) is 7.29. The van der Waals surface area contributed by atoms with Crippen molar-refractivity contribution in [1.29, 1.82) is 0 Å². The van der Waals surface area contributed by atoms with Gasteiger partial charge in [-0.25, -0.2) is 0 Å². The lowest BCUT2D eigenvalue weighted by atomic mass is 9.96. The molecule has 1 radical (unpaired) electrons. The van der Waals surface area contributed by atoms with Crippen molar-refractivity contribution in [1.82, 2.24) is 0 Å². The summed E-state index contributed by atoms with van der Waals surface area (Å²) in [7, 11) is 0. The predicted molar refractivity (Wildman–Crippen MR) is 47.7 cm³/mol. The van der Waals surface area contributed by atoms with Crippen LogP contribution >= 0.6 is 0 Å². The van der Waals surface area contributed by atoms with Crippen molar-refractivity contribution < 1.29 is 5.11 Å². The summed E-state index contributed by atoms with van der Waals surface area (Å²) < 4.78 is 0. The van der Waals surface area contributed by atoms with E-state index in [1.807, 2.05) is 18.2 Å². The van der Waals surface area contributed by atoms with Gasteiger partial charge in [-0.15, -0.1) is 0 Å². The first-order valence-electron chi connectivity index (χ1n) is 4.55. The molecule has 1 nitrogen and oxygen atoms in total. The number of para-hydroxylation sites is 1. The molecule has 0 spiro atoms. The van der Waals surface area contributed by atoms with Crippen LogP contribution in [0.1, 0.15) is 31.2 Å². The summed E-state index contributed by atoms with van der Waals surface area (Å²) in [6, 6.07) is 7.39. The Kier molecular flexibility index (Phi) is 1.80. The lowest BCUT2D eigenvalue weighted by Crippen LogP contribution is -1.94. The fourth-order valence-corrected chi connectivity index (χ4v) is 1.71. The highest BCUT2D eigenvalue weighted by Crippen LogP contribution is 2.44. The van der Waals surface area contributed by atoms with Gasteiger partial charge in [-0.3, -0.25) is 5.11 Å². The Morgan fingerprint density at radius 3 is 2.58 bits per heavy atom. The fourth-order valence-electron chi connectivity index (χ4n) is 1.71. The largest absolute Gasteiger partial charge is 0.290 e. The summed E-state index contributed by atoms with van der Waals surface area (Å²) in [5.41, 5.74) is 1.00. The smallest absolute Gasteiger partial charge is 0.182 e. The SMILES string of the molecule is CC(c1ccccc1[O])C1CC1. The molecule has 1 fully saturated rings. The van der Waals surface area contributed by atoms with Crippen molar-refractivity contribution in [2.24, 2.45) is 5.92 Å². The Morgan fingerprint density at radius 2 is 2.00 bits per heavy atom. The van der Waals surface area contributed by atoms with Gasteiger partial charge in [0.2, 0.25) is 0 Å². The molecule has 1 aromatic carbocycles. The first kappa shape index (κ1) is 7.66. The molecule has 0 bridgehead atoms. The summed E-state index contributed by atoms with van der Waals surface area (Å²) in [4.78, 5) is 0. The molecule has 0 saturated heterocycles. The Bertz CT molecular complexity index is 276. The van der Waals surface area contributed by atoms with Crippen molar-refractivity contribution in [2.75, 3.05) is 0 Å². The molecule has 1 atom stereocenters.